The first-order valence-electron chi connectivity index (χ1n) is 13.2. The molecule has 0 aliphatic heterocycles. The highest BCUT2D eigenvalue weighted by Gasteiger charge is 2.13. The maximum Gasteiger partial charge on any atom is 0.335 e. The number of aromatic carboxylic acids is 1. The molecule has 5 nitrogen and oxygen atoms in total. The van der Waals surface area contributed by atoms with Gasteiger partial charge in [-0.1, -0.05) is 93.9 Å². The summed E-state index contributed by atoms with van der Waals surface area (Å²) < 4.78 is 6.19. The zero-order valence-electron chi connectivity index (χ0n) is 22.5. The van der Waals surface area contributed by atoms with E-state index >= 15 is 0 Å². The fraction of sp³-hybridized carbons (Fsp3) is 0.333. The summed E-state index contributed by atoms with van der Waals surface area (Å²) in [5.74, 6) is -0.736. The molecule has 0 heterocycles. The van der Waals surface area contributed by atoms with Crippen molar-refractivity contribution < 1.29 is 24.5 Å². The fourth-order valence-electron chi connectivity index (χ4n) is 4.29. The summed E-state index contributed by atoms with van der Waals surface area (Å²) in [7, 11) is 0. The van der Waals surface area contributed by atoms with Crippen LogP contribution in [-0.4, -0.2) is 22.2 Å². The fourth-order valence-corrected chi connectivity index (χ4v) is 4.29. The zero-order valence-corrected chi connectivity index (χ0v) is 22.5. The molecule has 0 aliphatic rings. The smallest absolute Gasteiger partial charge is 0.335 e. The number of ether oxygens (including phenoxy) is 1. The minimum absolute atomic E-state index is 0.110. The van der Waals surface area contributed by atoms with Gasteiger partial charge in [-0.25, -0.2) is 4.79 Å². The third-order valence-electron chi connectivity index (χ3n) is 6.60. The highest BCUT2D eigenvalue weighted by Crippen LogP contribution is 2.26. The van der Waals surface area contributed by atoms with E-state index in [0.29, 0.717) is 13.0 Å². The van der Waals surface area contributed by atoms with Gasteiger partial charge in [-0.3, -0.25) is 4.79 Å². The van der Waals surface area contributed by atoms with Gasteiger partial charge in [0, 0.05) is 12.0 Å². The molecule has 0 saturated carbocycles. The minimum atomic E-state index is -0.941. The Morgan fingerprint density at radius 1 is 0.868 bits per heavy atom. The van der Waals surface area contributed by atoms with Crippen molar-refractivity contribution >= 4 is 18.0 Å². The topological polar surface area (TPSA) is 83.8 Å². The van der Waals surface area contributed by atoms with E-state index in [9.17, 15) is 14.7 Å². The summed E-state index contributed by atoms with van der Waals surface area (Å²) in [6, 6.07) is 23.4. The molecule has 3 aromatic carbocycles. The second kappa shape index (κ2) is 13.6. The van der Waals surface area contributed by atoms with Crippen LogP contribution in [0.15, 0.2) is 78.9 Å². The van der Waals surface area contributed by atoms with Crippen molar-refractivity contribution in [3.63, 3.8) is 0 Å². The molecule has 2 N–H and O–H groups in total. The molecule has 5 heteroatoms. The Morgan fingerprint density at radius 3 is 2.16 bits per heavy atom. The lowest BCUT2D eigenvalue weighted by Gasteiger charge is -2.19. The van der Waals surface area contributed by atoms with Crippen LogP contribution in [-0.2, 0) is 23.2 Å². The molecule has 0 bridgehead atoms. The van der Waals surface area contributed by atoms with Crippen LogP contribution >= 0.6 is 0 Å². The quantitative estimate of drug-likeness (QED) is 0.228. The van der Waals surface area contributed by atoms with Crippen LogP contribution in [0.25, 0.3) is 6.08 Å². The van der Waals surface area contributed by atoms with Crippen molar-refractivity contribution in [1.82, 2.24) is 0 Å². The van der Waals surface area contributed by atoms with Gasteiger partial charge in [0.1, 0.15) is 12.4 Å². The summed E-state index contributed by atoms with van der Waals surface area (Å²) in [5.41, 5.74) is 4.80. The van der Waals surface area contributed by atoms with E-state index < -0.39 is 11.9 Å². The summed E-state index contributed by atoms with van der Waals surface area (Å²) in [6.07, 6.45) is 7.41. The molecular weight excluding hydrogens is 476 g/mol. The van der Waals surface area contributed by atoms with Gasteiger partial charge in [-0.2, -0.15) is 0 Å². The third kappa shape index (κ3) is 9.22. The highest BCUT2D eigenvalue weighted by molar-refractivity contribution is 5.87. The van der Waals surface area contributed by atoms with Crippen molar-refractivity contribution in [2.45, 2.75) is 64.9 Å². The molecule has 3 aromatic rings. The van der Waals surface area contributed by atoms with Crippen LogP contribution in [0, 0.1) is 5.92 Å². The van der Waals surface area contributed by atoms with Gasteiger partial charge in [0.2, 0.25) is 0 Å². The Balaban J connectivity index is 1.70. The van der Waals surface area contributed by atoms with Gasteiger partial charge in [0.05, 0.1) is 5.56 Å². The Labute approximate surface area is 225 Å². The first kappa shape index (κ1) is 28.7. The molecule has 200 valence electrons. The molecular formula is C33H38O5. The van der Waals surface area contributed by atoms with Crippen LogP contribution in [0.1, 0.15) is 79.1 Å². The normalized spacial score (nSPS) is 12.4. The molecule has 1 unspecified atom stereocenters. The first-order chi connectivity index (χ1) is 18.1. The SMILES string of the molecule is CC(C)(C)c1ccc(COc2ccccc2/C=C/C(CCCCC(=O)O)Cc2ccc(C(=O)O)cc2)cc1. The summed E-state index contributed by atoms with van der Waals surface area (Å²) >= 11 is 0. The number of carboxylic acid groups (broad SMARTS) is 2. The number of rotatable bonds is 13. The van der Waals surface area contributed by atoms with Gasteiger partial charge >= 0.3 is 11.9 Å². The standard InChI is InChI=1S/C33H38O5/c1-33(2,3)29-20-15-26(16-21-29)23-38-30-10-6-5-9-27(30)17-12-24(8-4-7-11-31(34)35)22-25-13-18-28(19-14-25)32(36)37/h5-6,9-10,12-21,24H,4,7-8,11,22-23H2,1-3H3,(H,34,35)(H,36,37)/b17-12+. The lowest BCUT2D eigenvalue weighted by molar-refractivity contribution is -0.137. The van der Waals surface area contributed by atoms with Crippen molar-refractivity contribution in [3.05, 3.63) is 107 Å². The van der Waals surface area contributed by atoms with E-state index in [0.717, 1.165) is 41.7 Å². The number of carbonyl (C=O) groups is 2. The zero-order chi connectivity index (χ0) is 27.5. The Bertz CT molecular complexity index is 1220. The molecule has 38 heavy (non-hydrogen) atoms. The van der Waals surface area contributed by atoms with Gasteiger partial charge in [0.25, 0.3) is 0 Å². The van der Waals surface area contributed by atoms with Gasteiger partial charge in [-0.05, 0) is 65.5 Å². The number of hydrogen-bond donors (Lipinski definition) is 2. The van der Waals surface area contributed by atoms with E-state index in [1.165, 1.54) is 5.56 Å². The van der Waals surface area contributed by atoms with Crippen LogP contribution < -0.4 is 4.74 Å². The average molecular weight is 515 g/mol. The third-order valence-corrected chi connectivity index (χ3v) is 6.60. The van der Waals surface area contributed by atoms with Gasteiger partial charge in [0.15, 0.2) is 0 Å². The van der Waals surface area contributed by atoms with Crippen LogP contribution in [0.4, 0.5) is 0 Å². The molecule has 1 atom stereocenters. The summed E-state index contributed by atoms with van der Waals surface area (Å²) in [5, 5.41) is 18.1. The molecule has 0 radical (unpaired) electrons. The number of unbranched alkanes of at least 4 members (excludes halogenated alkanes) is 1. The van der Waals surface area contributed by atoms with Gasteiger partial charge in [-0.15, -0.1) is 0 Å². The van der Waals surface area contributed by atoms with Crippen LogP contribution in [0.2, 0.25) is 0 Å². The predicted octanol–water partition coefficient (Wildman–Crippen LogP) is 7.78. The Kier molecular flexibility index (Phi) is 10.3. The molecule has 0 aliphatic carbocycles. The maximum absolute atomic E-state index is 11.2. The molecule has 0 amide bonds. The van der Waals surface area contributed by atoms with E-state index in [1.807, 2.05) is 36.4 Å². The minimum Gasteiger partial charge on any atom is -0.488 e. The van der Waals surface area contributed by atoms with Crippen LogP contribution in [0.5, 0.6) is 5.75 Å². The largest absolute Gasteiger partial charge is 0.488 e. The summed E-state index contributed by atoms with van der Waals surface area (Å²) in [6.45, 7) is 7.08. The van der Waals surface area contributed by atoms with E-state index in [2.05, 4.69) is 57.2 Å². The monoisotopic (exact) mass is 514 g/mol. The molecule has 0 fully saturated rings. The van der Waals surface area contributed by atoms with E-state index in [4.69, 9.17) is 9.84 Å². The number of carboxylic acids is 2. The first-order valence-corrected chi connectivity index (χ1v) is 13.2. The Morgan fingerprint density at radius 2 is 1.53 bits per heavy atom. The highest BCUT2D eigenvalue weighted by atomic mass is 16.5. The van der Waals surface area contributed by atoms with Gasteiger partial charge < -0.3 is 14.9 Å². The number of benzene rings is 3. The van der Waals surface area contributed by atoms with E-state index in [-0.39, 0.29) is 23.3 Å². The lowest BCUT2D eigenvalue weighted by atomic mass is 9.87. The average Bonchev–Trinajstić information content (AvgIpc) is 2.88. The maximum atomic E-state index is 11.2. The lowest BCUT2D eigenvalue weighted by Crippen LogP contribution is -2.10. The predicted molar refractivity (Wildman–Crippen MR) is 152 cm³/mol. The summed E-state index contributed by atoms with van der Waals surface area (Å²) in [4.78, 5) is 22.1. The second-order valence-corrected chi connectivity index (χ2v) is 10.7. The molecule has 3 rings (SSSR count). The van der Waals surface area contributed by atoms with Crippen molar-refractivity contribution in [2.75, 3.05) is 0 Å². The number of allylic oxidation sites excluding steroid dienone is 1. The molecule has 0 spiro atoms. The number of hydrogen-bond acceptors (Lipinski definition) is 3. The molecule has 0 saturated heterocycles. The van der Waals surface area contributed by atoms with Crippen LogP contribution in [0.3, 0.4) is 0 Å². The van der Waals surface area contributed by atoms with Crippen molar-refractivity contribution in [3.8, 4) is 5.75 Å². The Hall–Kier alpha value is -3.86. The van der Waals surface area contributed by atoms with Crippen molar-refractivity contribution in [1.29, 1.82) is 0 Å². The molecule has 0 aromatic heterocycles. The van der Waals surface area contributed by atoms with E-state index in [1.54, 1.807) is 12.1 Å². The number of para-hydroxylation sites is 1. The second-order valence-electron chi connectivity index (χ2n) is 10.7. The number of aliphatic carboxylic acids is 1. The van der Waals surface area contributed by atoms with Crippen molar-refractivity contribution in [2.24, 2.45) is 5.92 Å².